The fraction of sp³-hybridized carbons (Fsp3) is 0.667. The van der Waals surface area contributed by atoms with E-state index in [1.54, 1.807) is 0 Å². The summed E-state index contributed by atoms with van der Waals surface area (Å²) in [6.45, 7) is 4.64. The largest absolute Gasteiger partial charge is 0.315 e. The van der Waals surface area contributed by atoms with Crippen molar-refractivity contribution in [3.05, 3.63) is 22.4 Å². The summed E-state index contributed by atoms with van der Waals surface area (Å²) in [5, 5.41) is 5.64. The van der Waals surface area contributed by atoms with Gasteiger partial charge in [0.1, 0.15) is 0 Å². The molecule has 15 heavy (non-hydrogen) atoms. The van der Waals surface area contributed by atoms with E-state index in [0.29, 0.717) is 12.1 Å². The average molecular weight is 224 g/mol. The molecule has 0 bridgehead atoms. The van der Waals surface area contributed by atoms with Crippen LogP contribution in [0.25, 0.3) is 0 Å². The van der Waals surface area contributed by atoms with Gasteiger partial charge in [-0.2, -0.15) is 0 Å². The maximum absolute atomic E-state index is 3.48. The van der Waals surface area contributed by atoms with Crippen LogP contribution in [0.5, 0.6) is 0 Å². The Morgan fingerprint density at radius 3 is 3.07 bits per heavy atom. The van der Waals surface area contributed by atoms with Gasteiger partial charge in [-0.15, -0.1) is 11.3 Å². The van der Waals surface area contributed by atoms with Crippen LogP contribution in [0.4, 0.5) is 0 Å². The molecule has 0 unspecified atom stereocenters. The first-order valence-electron chi connectivity index (χ1n) is 5.75. The molecule has 0 amide bonds. The Morgan fingerprint density at radius 1 is 1.60 bits per heavy atom. The van der Waals surface area contributed by atoms with E-state index >= 15 is 0 Å². The van der Waals surface area contributed by atoms with E-state index in [-0.39, 0.29) is 0 Å². The molecule has 1 aromatic rings. The quantitative estimate of drug-likeness (QED) is 0.848. The van der Waals surface area contributed by atoms with Crippen molar-refractivity contribution in [2.24, 2.45) is 0 Å². The smallest absolute Gasteiger partial charge is 0.0413 e. The molecular formula is C12H20N2S. The minimum absolute atomic E-state index is 0.551. The number of piperidine rings is 1. The molecule has 84 valence electrons. The normalized spacial score (nSPS) is 24.3. The summed E-state index contributed by atoms with van der Waals surface area (Å²) in [7, 11) is 2.25. The van der Waals surface area contributed by atoms with Crippen molar-refractivity contribution in [3.63, 3.8) is 0 Å². The van der Waals surface area contributed by atoms with Gasteiger partial charge in [-0.25, -0.2) is 0 Å². The third kappa shape index (κ3) is 2.60. The molecule has 2 nitrogen and oxygen atoms in total. The van der Waals surface area contributed by atoms with Crippen molar-refractivity contribution in [3.8, 4) is 0 Å². The van der Waals surface area contributed by atoms with Crippen LogP contribution in [-0.4, -0.2) is 31.1 Å². The summed E-state index contributed by atoms with van der Waals surface area (Å²) in [4.78, 5) is 3.99. The van der Waals surface area contributed by atoms with Crippen molar-refractivity contribution in [2.75, 3.05) is 20.1 Å². The Kier molecular flexibility index (Phi) is 3.78. The van der Waals surface area contributed by atoms with E-state index in [4.69, 9.17) is 0 Å². The van der Waals surface area contributed by atoms with Crippen LogP contribution in [0.2, 0.25) is 0 Å². The topological polar surface area (TPSA) is 15.3 Å². The maximum atomic E-state index is 3.48. The second-order valence-corrected chi connectivity index (χ2v) is 5.34. The van der Waals surface area contributed by atoms with Crippen LogP contribution in [0, 0.1) is 0 Å². The van der Waals surface area contributed by atoms with E-state index in [2.05, 4.69) is 41.7 Å². The van der Waals surface area contributed by atoms with Gasteiger partial charge in [0.05, 0.1) is 0 Å². The molecule has 0 aromatic carbocycles. The molecule has 0 spiro atoms. The third-order valence-corrected chi connectivity index (χ3v) is 4.46. The Labute approximate surface area is 96.3 Å². The fourth-order valence-corrected chi connectivity index (χ4v) is 3.06. The van der Waals surface area contributed by atoms with Gasteiger partial charge >= 0.3 is 0 Å². The molecule has 1 N–H and O–H groups in total. The molecule has 2 heterocycles. The summed E-state index contributed by atoms with van der Waals surface area (Å²) >= 11 is 1.86. The lowest BCUT2D eigenvalue weighted by Crippen LogP contribution is -2.44. The highest BCUT2D eigenvalue weighted by molar-refractivity contribution is 7.10. The summed E-state index contributed by atoms with van der Waals surface area (Å²) in [5.74, 6) is 0. The highest BCUT2D eigenvalue weighted by Crippen LogP contribution is 2.26. The summed E-state index contributed by atoms with van der Waals surface area (Å²) in [6, 6.07) is 5.64. The number of rotatable bonds is 3. The molecule has 1 aromatic heterocycles. The van der Waals surface area contributed by atoms with Gasteiger partial charge in [0, 0.05) is 23.5 Å². The van der Waals surface area contributed by atoms with Gasteiger partial charge in [-0.05, 0) is 44.8 Å². The molecule has 2 rings (SSSR count). The standard InChI is InChI=1S/C12H20N2S/c1-10(12-6-4-8-15-12)14(2)11-5-3-7-13-9-11/h4,6,8,10-11,13H,3,5,7,9H2,1-2H3/t10-,11-/m0/s1. The summed E-state index contributed by atoms with van der Waals surface area (Å²) in [6.07, 6.45) is 2.64. The monoisotopic (exact) mass is 224 g/mol. The van der Waals surface area contributed by atoms with Gasteiger partial charge in [0.25, 0.3) is 0 Å². The third-order valence-electron chi connectivity index (χ3n) is 3.41. The minimum Gasteiger partial charge on any atom is -0.315 e. The highest BCUT2D eigenvalue weighted by atomic mass is 32.1. The SMILES string of the molecule is C[C@@H](c1cccs1)N(C)[C@H]1CCCNC1. The van der Waals surface area contributed by atoms with Crippen LogP contribution in [0.15, 0.2) is 17.5 Å². The number of nitrogens with zero attached hydrogens (tertiary/aromatic N) is 1. The molecule has 1 aliphatic rings. The summed E-state index contributed by atoms with van der Waals surface area (Å²) < 4.78 is 0. The molecule has 0 saturated carbocycles. The van der Waals surface area contributed by atoms with E-state index in [1.807, 2.05) is 11.3 Å². The number of likely N-dealkylation sites (N-methyl/N-ethyl adjacent to an activating group) is 1. The zero-order valence-corrected chi connectivity index (χ0v) is 10.4. The predicted molar refractivity (Wildman–Crippen MR) is 66.4 cm³/mol. The number of hydrogen-bond donors (Lipinski definition) is 1. The van der Waals surface area contributed by atoms with E-state index < -0.39 is 0 Å². The lowest BCUT2D eigenvalue weighted by molar-refractivity contribution is 0.158. The van der Waals surface area contributed by atoms with Gasteiger partial charge in [0.2, 0.25) is 0 Å². The second kappa shape index (κ2) is 5.10. The number of nitrogens with one attached hydrogen (secondary N) is 1. The minimum atomic E-state index is 0.551. The van der Waals surface area contributed by atoms with E-state index in [9.17, 15) is 0 Å². The predicted octanol–water partition coefficient (Wildman–Crippen LogP) is 2.49. The van der Waals surface area contributed by atoms with Crippen LogP contribution in [0.3, 0.4) is 0 Å². The Morgan fingerprint density at radius 2 is 2.47 bits per heavy atom. The first kappa shape index (κ1) is 11.1. The lowest BCUT2D eigenvalue weighted by atomic mass is 10.0. The number of hydrogen-bond acceptors (Lipinski definition) is 3. The van der Waals surface area contributed by atoms with Crippen molar-refractivity contribution < 1.29 is 0 Å². The molecule has 1 aliphatic heterocycles. The van der Waals surface area contributed by atoms with Gasteiger partial charge in [-0.1, -0.05) is 6.07 Å². The summed E-state index contributed by atoms with van der Waals surface area (Å²) in [5.41, 5.74) is 0. The Balaban J connectivity index is 1.97. The zero-order valence-electron chi connectivity index (χ0n) is 9.57. The van der Waals surface area contributed by atoms with Crippen LogP contribution in [-0.2, 0) is 0 Å². The zero-order chi connectivity index (χ0) is 10.7. The first-order chi connectivity index (χ1) is 7.29. The van der Waals surface area contributed by atoms with Crippen molar-refractivity contribution >= 4 is 11.3 Å². The lowest BCUT2D eigenvalue weighted by Gasteiger charge is -2.35. The Bertz CT molecular complexity index is 278. The molecule has 0 radical (unpaired) electrons. The van der Waals surface area contributed by atoms with Crippen molar-refractivity contribution in [1.29, 1.82) is 0 Å². The second-order valence-electron chi connectivity index (χ2n) is 4.36. The Hall–Kier alpha value is -0.380. The van der Waals surface area contributed by atoms with Crippen LogP contribution >= 0.6 is 11.3 Å². The maximum Gasteiger partial charge on any atom is 0.0413 e. The highest BCUT2D eigenvalue weighted by Gasteiger charge is 2.22. The van der Waals surface area contributed by atoms with E-state index in [0.717, 1.165) is 6.54 Å². The van der Waals surface area contributed by atoms with Crippen molar-refractivity contribution in [1.82, 2.24) is 10.2 Å². The van der Waals surface area contributed by atoms with Crippen molar-refractivity contribution in [2.45, 2.75) is 31.8 Å². The average Bonchev–Trinajstić information content (AvgIpc) is 2.82. The van der Waals surface area contributed by atoms with Gasteiger partial charge in [-0.3, -0.25) is 4.90 Å². The van der Waals surface area contributed by atoms with Crippen LogP contribution < -0.4 is 5.32 Å². The fourth-order valence-electron chi connectivity index (χ4n) is 2.23. The molecule has 3 heteroatoms. The number of thiophene rings is 1. The molecular weight excluding hydrogens is 204 g/mol. The van der Waals surface area contributed by atoms with E-state index in [1.165, 1.54) is 24.3 Å². The molecule has 0 aliphatic carbocycles. The molecule has 1 fully saturated rings. The molecule has 2 atom stereocenters. The van der Waals surface area contributed by atoms with Gasteiger partial charge in [0.15, 0.2) is 0 Å². The van der Waals surface area contributed by atoms with Crippen LogP contribution in [0.1, 0.15) is 30.7 Å². The van der Waals surface area contributed by atoms with Gasteiger partial charge < -0.3 is 5.32 Å². The molecule has 1 saturated heterocycles. The first-order valence-corrected chi connectivity index (χ1v) is 6.63.